The van der Waals surface area contributed by atoms with E-state index in [0.717, 1.165) is 5.71 Å². The molecule has 120 valence electrons. The predicted molar refractivity (Wildman–Crippen MR) is 85.9 cm³/mol. The van der Waals surface area contributed by atoms with Gasteiger partial charge < -0.3 is 10.2 Å². The number of fused-ring (bicyclic) bond motifs is 1. The molecule has 1 atom stereocenters. The molecule has 0 radical (unpaired) electrons. The van der Waals surface area contributed by atoms with Gasteiger partial charge in [0.2, 0.25) is 0 Å². The number of urea groups is 1. The Bertz CT molecular complexity index is 700. The van der Waals surface area contributed by atoms with Crippen LogP contribution in [0.1, 0.15) is 6.42 Å². The number of benzene rings is 1. The van der Waals surface area contributed by atoms with Crippen LogP contribution in [0, 0.1) is 10.1 Å². The van der Waals surface area contributed by atoms with Crippen molar-refractivity contribution < 1.29 is 9.72 Å². The van der Waals surface area contributed by atoms with Crippen LogP contribution in [0.15, 0.2) is 47.0 Å². The molecule has 8 heteroatoms. The highest BCUT2D eigenvalue weighted by Crippen LogP contribution is 2.23. The first-order chi connectivity index (χ1) is 11.0. The molecule has 23 heavy (non-hydrogen) atoms. The molecule has 0 bridgehead atoms. The summed E-state index contributed by atoms with van der Waals surface area (Å²) in [4.78, 5) is 28.7. The second kappa shape index (κ2) is 5.81. The molecule has 1 saturated heterocycles. The predicted octanol–water partition coefficient (Wildman–Crippen LogP) is 1.24. The zero-order valence-corrected chi connectivity index (χ0v) is 12.4. The Morgan fingerprint density at radius 1 is 1.39 bits per heavy atom. The van der Waals surface area contributed by atoms with Crippen LogP contribution in [-0.2, 0) is 0 Å². The van der Waals surface area contributed by atoms with E-state index in [1.54, 1.807) is 17.0 Å². The van der Waals surface area contributed by atoms with Gasteiger partial charge in [0.1, 0.15) is 6.54 Å². The van der Waals surface area contributed by atoms with Gasteiger partial charge in [-0.1, -0.05) is 18.2 Å². The molecule has 3 rings (SSSR count). The van der Waals surface area contributed by atoms with Crippen molar-refractivity contribution in [2.24, 2.45) is 10.7 Å². The number of nitrogens with zero attached hydrogens (tertiary/aromatic N) is 3. The summed E-state index contributed by atoms with van der Waals surface area (Å²) in [6.45, 7) is 0.726. The van der Waals surface area contributed by atoms with Crippen LogP contribution >= 0.6 is 0 Å². The lowest BCUT2D eigenvalue weighted by Gasteiger charge is -2.33. The monoisotopic (exact) mass is 315 g/mol. The first-order valence-electron chi connectivity index (χ1n) is 7.28. The van der Waals surface area contributed by atoms with Crippen molar-refractivity contribution in [1.82, 2.24) is 4.90 Å². The van der Waals surface area contributed by atoms with Gasteiger partial charge in [-0.15, -0.1) is 0 Å². The molecular formula is C15H17N5O3. The van der Waals surface area contributed by atoms with Gasteiger partial charge in [-0.25, -0.2) is 4.79 Å². The van der Waals surface area contributed by atoms with E-state index in [1.165, 1.54) is 6.08 Å². The third kappa shape index (κ3) is 3.07. The third-order valence-corrected chi connectivity index (χ3v) is 3.95. The molecule has 2 aliphatic rings. The number of dihydropyridines is 1. The van der Waals surface area contributed by atoms with Crippen molar-refractivity contribution >= 4 is 17.4 Å². The fourth-order valence-electron chi connectivity index (χ4n) is 2.66. The molecule has 1 aromatic carbocycles. The van der Waals surface area contributed by atoms with Crippen molar-refractivity contribution in [3.05, 3.63) is 52.1 Å². The molecule has 1 unspecified atom stereocenters. The zero-order valence-electron chi connectivity index (χ0n) is 12.4. The summed E-state index contributed by atoms with van der Waals surface area (Å²) < 4.78 is 0. The van der Waals surface area contributed by atoms with Crippen molar-refractivity contribution in [2.75, 3.05) is 25.0 Å². The Labute approximate surface area is 132 Å². The molecule has 2 amide bonds. The fourth-order valence-corrected chi connectivity index (χ4v) is 2.66. The lowest BCUT2D eigenvalue weighted by atomic mass is 9.94. The van der Waals surface area contributed by atoms with E-state index in [-0.39, 0.29) is 19.1 Å². The number of para-hydroxylation sites is 1. The Morgan fingerprint density at radius 3 is 2.83 bits per heavy atom. The minimum atomic E-state index is -1.68. The quantitative estimate of drug-likeness (QED) is 0.485. The number of carbonyl (C=O) groups excluding carboxylic acids is 1. The molecule has 0 saturated carbocycles. The molecule has 1 fully saturated rings. The van der Waals surface area contributed by atoms with Crippen molar-refractivity contribution in [3.8, 4) is 0 Å². The summed E-state index contributed by atoms with van der Waals surface area (Å²) in [7, 11) is 0. The number of nitro groups is 1. The number of hydrogen-bond donors (Lipinski definition) is 2. The summed E-state index contributed by atoms with van der Waals surface area (Å²) >= 11 is 0. The van der Waals surface area contributed by atoms with Gasteiger partial charge in [-0.2, -0.15) is 0 Å². The topological polar surface area (TPSA) is 114 Å². The first kappa shape index (κ1) is 15.2. The lowest BCUT2D eigenvalue weighted by Crippen LogP contribution is -2.53. The Balaban J connectivity index is 1.73. The van der Waals surface area contributed by atoms with Gasteiger partial charge in [-0.3, -0.25) is 20.8 Å². The smallest absolute Gasteiger partial charge is 0.320 e. The second-order valence-corrected chi connectivity index (χ2v) is 5.65. The van der Waals surface area contributed by atoms with Crippen LogP contribution in [0.2, 0.25) is 0 Å². The number of nitrogens with two attached hydrogens (primary N) is 1. The van der Waals surface area contributed by atoms with Gasteiger partial charge in [-0.05, 0) is 17.7 Å². The molecule has 8 nitrogen and oxygen atoms in total. The van der Waals surface area contributed by atoms with Crippen LogP contribution < -0.4 is 11.1 Å². The van der Waals surface area contributed by atoms with Crippen LogP contribution in [0.3, 0.4) is 0 Å². The minimum Gasteiger partial charge on any atom is -0.320 e. The highest BCUT2D eigenvalue weighted by Gasteiger charge is 2.40. The highest BCUT2D eigenvalue weighted by atomic mass is 16.6. The van der Waals surface area contributed by atoms with E-state index in [9.17, 15) is 14.9 Å². The largest absolute Gasteiger partial charge is 0.322 e. The van der Waals surface area contributed by atoms with E-state index in [2.05, 4.69) is 10.3 Å². The number of piperidine rings is 1. The van der Waals surface area contributed by atoms with E-state index in [1.807, 2.05) is 18.2 Å². The number of likely N-dealkylation sites (tertiary alicyclic amines) is 1. The maximum absolute atomic E-state index is 12.3. The van der Waals surface area contributed by atoms with E-state index >= 15 is 0 Å². The minimum absolute atomic E-state index is 0.0605. The lowest BCUT2D eigenvalue weighted by molar-refractivity contribution is -0.551. The summed E-state index contributed by atoms with van der Waals surface area (Å²) in [6.07, 6.45) is 2.00. The molecule has 2 aliphatic heterocycles. The number of amides is 2. The zero-order chi connectivity index (χ0) is 16.4. The van der Waals surface area contributed by atoms with E-state index in [4.69, 9.17) is 5.73 Å². The average Bonchev–Trinajstić information content (AvgIpc) is 2.55. The number of carbonyl (C=O) groups is 1. The molecule has 0 aliphatic carbocycles. The van der Waals surface area contributed by atoms with Crippen molar-refractivity contribution in [2.45, 2.75) is 12.1 Å². The van der Waals surface area contributed by atoms with Crippen LogP contribution in [0.5, 0.6) is 0 Å². The number of nitrogens with one attached hydrogen (secondary N) is 1. The standard InChI is InChI=1S/C15H17N5O3/c16-15(20(22)23)8-11-9-19(7-6-13(11)17-10-15)14(21)18-12-4-2-1-3-5-12/h1-5,8H,6-7,9-10,16H2,(H,18,21). The molecule has 0 aromatic heterocycles. The van der Waals surface area contributed by atoms with Gasteiger partial charge in [0, 0.05) is 41.9 Å². The van der Waals surface area contributed by atoms with Gasteiger partial charge in [0.05, 0.1) is 0 Å². The van der Waals surface area contributed by atoms with Crippen LogP contribution in [0.25, 0.3) is 0 Å². The first-order valence-corrected chi connectivity index (χ1v) is 7.28. The summed E-state index contributed by atoms with van der Waals surface area (Å²) in [6, 6.07) is 8.88. The number of aliphatic imine (C=N–C) groups is 1. The Kier molecular flexibility index (Phi) is 3.83. The highest BCUT2D eigenvalue weighted by molar-refractivity contribution is 6.03. The SMILES string of the molecule is NC1([N+](=O)[O-])C=C2CN(C(=O)Nc3ccccc3)CCC2=NC1. The summed E-state index contributed by atoms with van der Waals surface area (Å²) in [5.41, 5.74) is 6.23. The van der Waals surface area contributed by atoms with Gasteiger partial charge in [0.15, 0.2) is 0 Å². The maximum atomic E-state index is 12.3. The molecule has 0 spiro atoms. The molecule has 2 heterocycles. The Morgan fingerprint density at radius 2 is 2.13 bits per heavy atom. The Hall–Kier alpha value is -2.74. The van der Waals surface area contributed by atoms with E-state index < -0.39 is 10.6 Å². The van der Waals surface area contributed by atoms with Crippen LogP contribution in [-0.4, -0.2) is 46.9 Å². The number of hydrogen-bond acceptors (Lipinski definition) is 5. The van der Waals surface area contributed by atoms with Gasteiger partial charge >= 0.3 is 11.7 Å². The van der Waals surface area contributed by atoms with Crippen molar-refractivity contribution in [3.63, 3.8) is 0 Å². The molecule has 1 aromatic rings. The normalized spacial score (nSPS) is 23.4. The maximum Gasteiger partial charge on any atom is 0.322 e. The third-order valence-electron chi connectivity index (χ3n) is 3.95. The summed E-state index contributed by atoms with van der Waals surface area (Å²) in [5.74, 6) is 0. The average molecular weight is 315 g/mol. The van der Waals surface area contributed by atoms with Crippen molar-refractivity contribution in [1.29, 1.82) is 0 Å². The van der Waals surface area contributed by atoms with Gasteiger partial charge in [0.25, 0.3) is 0 Å². The molecular weight excluding hydrogens is 298 g/mol. The second-order valence-electron chi connectivity index (χ2n) is 5.65. The summed E-state index contributed by atoms with van der Waals surface area (Å²) in [5, 5.41) is 13.9. The number of rotatable bonds is 2. The fraction of sp³-hybridized carbons (Fsp3) is 0.333. The van der Waals surface area contributed by atoms with Crippen LogP contribution in [0.4, 0.5) is 10.5 Å². The number of anilines is 1. The van der Waals surface area contributed by atoms with E-state index in [0.29, 0.717) is 24.2 Å². The molecule has 3 N–H and O–H groups in total.